The summed E-state index contributed by atoms with van der Waals surface area (Å²) < 4.78 is 4.94. The lowest BCUT2D eigenvalue weighted by Crippen LogP contribution is -2.45. The number of halogens is 1. The molecule has 3 N–H and O–H groups in total. The summed E-state index contributed by atoms with van der Waals surface area (Å²) in [7, 11) is 0. The molecule has 130 valence electrons. The van der Waals surface area contributed by atoms with E-state index in [1.54, 1.807) is 36.4 Å². The molecule has 0 saturated carbocycles. The van der Waals surface area contributed by atoms with Crippen LogP contribution in [0.2, 0.25) is 5.02 Å². The van der Waals surface area contributed by atoms with E-state index in [-0.39, 0.29) is 17.7 Å². The van der Waals surface area contributed by atoms with Gasteiger partial charge in [0.25, 0.3) is 5.91 Å². The van der Waals surface area contributed by atoms with Crippen LogP contribution in [-0.4, -0.2) is 23.8 Å². The molecular formula is C18H17ClN2O4. The highest BCUT2D eigenvalue weighted by Gasteiger charge is 2.20. The first-order valence-corrected chi connectivity index (χ1v) is 7.86. The highest BCUT2D eigenvalue weighted by atomic mass is 35.5. The van der Waals surface area contributed by atoms with Gasteiger partial charge in [0.2, 0.25) is 5.91 Å². The first kappa shape index (κ1) is 18.5. The van der Waals surface area contributed by atoms with E-state index in [0.29, 0.717) is 10.6 Å². The van der Waals surface area contributed by atoms with E-state index in [1.807, 2.05) is 0 Å². The molecule has 6 nitrogen and oxygen atoms in total. The average Bonchev–Trinajstić information content (AvgIpc) is 2.55. The first-order valence-electron chi connectivity index (χ1n) is 7.49. The van der Waals surface area contributed by atoms with Gasteiger partial charge in [0.1, 0.15) is 11.8 Å². The highest BCUT2D eigenvalue weighted by Crippen LogP contribution is 2.17. The summed E-state index contributed by atoms with van der Waals surface area (Å²) in [6.45, 7) is 1.26. The number of rotatable bonds is 6. The number of carbonyl (C=O) groups is 3. The minimum absolute atomic E-state index is 0.171. The molecule has 2 aromatic carbocycles. The Morgan fingerprint density at radius 2 is 1.88 bits per heavy atom. The second-order valence-electron chi connectivity index (χ2n) is 5.35. The zero-order chi connectivity index (χ0) is 18.4. The van der Waals surface area contributed by atoms with Crippen molar-refractivity contribution in [2.75, 3.05) is 0 Å². The molecule has 0 unspecified atom stereocenters. The van der Waals surface area contributed by atoms with Gasteiger partial charge in [-0.1, -0.05) is 35.9 Å². The molecule has 1 atom stereocenters. The minimum atomic E-state index is -0.926. The van der Waals surface area contributed by atoms with Crippen molar-refractivity contribution < 1.29 is 19.1 Å². The lowest BCUT2D eigenvalue weighted by atomic mass is 10.0. The van der Waals surface area contributed by atoms with Crippen LogP contribution in [0.25, 0.3) is 0 Å². The molecule has 0 heterocycles. The first-order chi connectivity index (χ1) is 11.9. The molecule has 0 aliphatic carbocycles. The lowest BCUT2D eigenvalue weighted by Gasteiger charge is -2.16. The smallest absolute Gasteiger partial charge is 0.308 e. The summed E-state index contributed by atoms with van der Waals surface area (Å²) in [6.07, 6.45) is 0.171. The number of hydrogen-bond acceptors (Lipinski definition) is 4. The van der Waals surface area contributed by atoms with Crippen molar-refractivity contribution in [1.29, 1.82) is 0 Å². The molecule has 25 heavy (non-hydrogen) atoms. The molecule has 0 aliphatic heterocycles. The van der Waals surface area contributed by atoms with Crippen LogP contribution >= 0.6 is 11.6 Å². The molecule has 2 amide bonds. The fourth-order valence-corrected chi connectivity index (χ4v) is 2.43. The Bertz CT molecular complexity index is 807. The van der Waals surface area contributed by atoms with E-state index in [2.05, 4.69) is 5.32 Å². The zero-order valence-electron chi connectivity index (χ0n) is 13.5. The number of benzene rings is 2. The van der Waals surface area contributed by atoms with Crippen molar-refractivity contribution in [3.05, 3.63) is 64.7 Å². The van der Waals surface area contributed by atoms with Gasteiger partial charge >= 0.3 is 5.97 Å². The van der Waals surface area contributed by atoms with Gasteiger partial charge < -0.3 is 15.8 Å². The van der Waals surface area contributed by atoms with E-state index >= 15 is 0 Å². The highest BCUT2D eigenvalue weighted by molar-refractivity contribution is 6.31. The zero-order valence-corrected chi connectivity index (χ0v) is 14.2. The summed E-state index contributed by atoms with van der Waals surface area (Å²) >= 11 is 6.08. The molecule has 0 radical (unpaired) electrons. The standard InChI is InChI=1S/C18H17ClN2O4/c1-11(22)25-14-7-4-6-13(9-14)18(24)21-16(17(20)23)10-12-5-2-3-8-15(12)19/h2-9,16H,10H2,1H3,(H2,20,23)(H,21,24)/t16-/m0/s1. The minimum Gasteiger partial charge on any atom is -0.427 e. The largest absolute Gasteiger partial charge is 0.427 e. The van der Waals surface area contributed by atoms with Crippen LogP contribution in [-0.2, 0) is 16.0 Å². The SMILES string of the molecule is CC(=O)Oc1cccc(C(=O)N[C@@H](Cc2ccccc2Cl)C(N)=O)c1. The Kier molecular flexibility index (Phi) is 6.14. The van der Waals surface area contributed by atoms with Gasteiger partial charge in [-0.05, 0) is 29.8 Å². The Labute approximate surface area is 149 Å². The quantitative estimate of drug-likeness (QED) is 0.608. The van der Waals surface area contributed by atoms with E-state index in [1.165, 1.54) is 19.1 Å². The normalized spacial score (nSPS) is 11.4. The number of nitrogens with two attached hydrogens (primary N) is 1. The predicted octanol–water partition coefficient (Wildman–Crippen LogP) is 2.09. The van der Waals surface area contributed by atoms with E-state index in [9.17, 15) is 14.4 Å². The van der Waals surface area contributed by atoms with Crippen molar-refractivity contribution >= 4 is 29.4 Å². The third-order valence-electron chi connectivity index (χ3n) is 3.39. The number of hydrogen-bond donors (Lipinski definition) is 2. The van der Waals surface area contributed by atoms with Gasteiger partial charge in [-0.2, -0.15) is 0 Å². The Balaban J connectivity index is 2.14. The van der Waals surface area contributed by atoms with Gasteiger partial charge in [-0.25, -0.2) is 0 Å². The Morgan fingerprint density at radius 3 is 2.52 bits per heavy atom. The monoisotopic (exact) mass is 360 g/mol. The average molecular weight is 361 g/mol. The maximum atomic E-state index is 12.4. The molecule has 0 fully saturated rings. The van der Waals surface area contributed by atoms with E-state index in [4.69, 9.17) is 22.1 Å². The molecular weight excluding hydrogens is 344 g/mol. The second kappa shape index (κ2) is 8.30. The summed E-state index contributed by atoms with van der Waals surface area (Å²) in [5.74, 6) is -1.44. The predicted molar refractivity (Wildman–Crippen MR) is 93.4 cm³/mol. The van der Waals surface area contributed by atoms with Crippen LogP contribution in [0.15, 0.2) is 48.5 Å². The number of carbonyl (C=O) groups excluding carboxylic acids is 3. The molecule has 2 rings (SSSR count). The van der Waals surface area contributed by atoms with Crippen LogP contribution in [0.1, 0.15) is 22.8 Å². The van der Waals surface area contributed by atoms with E-state index < -0.39 is 23.8 Å². The molecule has 7 heteroatoms. The summed E-state index contributed by atoms with van der Waals surface area (Å²) in [5, 5.41) is 3.06. The van der Waals surface area contributed by atoms with Crippen molar-refractivity contribution in [1.82, 2.24) is 5.32 Å². The number of amides is 2. The molecule has 0 saturated heterocycles. The van der Waals surface area contributed by atoms with Gasteiger partial charge in [0, 0.05) is 23.9 Å². The van der Waals surface area contributed by atoms with Crippen molar-refractivity contribution in [3.8, 4) is 5.75 Å². The molecule has 0 spiro atoms. The van der Waals surface area contributed by atoms with Crippen molar-refractivity contribution in [2.24, 2.45) is 5.73 Å². The second-order valence-corrected chi connectivity index (χ2v) is 5.75. The van der Waals surface area contributed by atoms with Crippen LogP contribution in [0.3, 0.4) is 0 Å². The molecule has 0 bridgehead atoms. The topological polar surface area (TPSA) is 98.5 Å². The van der Waals surface area contributed by atoms with Crippen molar-refractivity contribution in [3.63, 3.8) is 0 Å². The van der Waals surface area contributed by atoms with Crippen LogP contribution in [0, 0.1) is 0 Å². The van der Waals surface area contributed by atoms with Gasteiger partial charge in [-0.3, -0.25) is 14.4 Å². The third-order valence-corrected chi connectivity index (χ3v) is 3.76. The number of primary amides is 1. The Morgan fingerprint density at radius 1 is 1.16 bits per heavy atom. The van der Waals surface area contributed by atoms with Crippen LogP contribution < -0.4 is 15.8 Å². The maximum absolute atomic E-state index is 12.4. The molecule has 2 aromatic rings. The van der Waals surface area contributed by atoms with E-state index in [0.717, 1.165) is 0 Å². The third kappa shape index (κ3) is 5.32. The lowest BCUT2D eigenvalue weighted by molar-refractivity contribution is -0.131. The fourth-order valence-electron chi connectivity index (χ4n) is 2.21. The number of nitrogens with one attached hydrogen (secondary N) is 1. The number of esters is 1. The maximum Gasteiger partial charge on any atom is 0.308 e. The van der Waals surface area contributed by atoms with Gasteiger partial charge in [0.15, 0.2) is 0 Å². The summed E-state index contributed by atoms with van der Waals surface area (Å²) in [6, 6.07) is 12.1. The Hall–Kier alpha value is -2.86. The number of ether oxygens (including phenoxy) is 1. The van der Waals surface area contributed by atoms with Crippen molar-refractivity contribution in [2.45, 2.75) is 19.4 Å². The fraction of sp³-hybridized carbons (Fsp3) is 0.167. The van der Waals surface area contributed by atoms with Crippen LogP contribution in [0.5, 0.6) is 5.75 Å². The molecule has 0 aliphatic rings. The molecule has 0 aromatic heterocycles. The summed E-state index contributed by atoms with van der Waals surface area (Å²) in [4.78, 5) is 35.1. The summed E-state index contributed by atoms with van der Waals surface area (Å²) in [5.41, 5.74) is 6.33. The van der Waals surface area contributed by atoms with Crippen LogP contribution in [0.4, 0.5) is 0 Å². The van der Waals surface area contributed by atoms with Gasteiger partial charge in [0.05, 0.1) is 0 Å². The van der Waals surface area contributed by atoms with Gasteiger partial charge in [-0.15, -0.1) is 0 Å².